The summed E-state index contributed by atoms with van der Waals surface area (Å²) in [5.74, 6) is 1.60. The van der Waals surface area contributed by atoms with Gasteiger partial charge in [-0.1, -0.05) is 12.6 Å². The number of nitriles is 1. The lowest BCUT2D eigenvalue weighted by Crippen LogP contribution is -1.97. The summed E-state index contributed by atoms with van der Waals surface area (Å²) >= 11 is 0. The van der Waals surface area contributed by atoms with E-state index in [0.717, 1.165) is 0 Å². The smallest absolute Gasteiger partial charge is 0.252 e. The van der Waals surface area contributed by atoms with Crippen LogP contribution in [0.15, 0.2) is 34.3 Å². The second-order valence-corrected chi connectivity index (χ2v) is 4.54. The number of benzene rings is 1. The van der Waals surface area contributed by atoms with E-state index in [1.807, 2.05) is 18.2 Å². The topological polar surface area (TPSA) is 92.7 Å². The molecular weight excluding hydrogens is 296 g/mol. The van der Waals surface area contributed by atoms with Crippen LogP contribution in [0.4, 0.5) is 5.88 Å². The van der Waals surface area contributed by atoms with Gasteiger partial charge in [-0.15, -0.1) is 0 Å². The van der Waals surface area contributed by atoms with Gasteiger partial charge in [0.1, 0.15) is 6.07 Å². The highest BCUT2D eigenvalue weighted by molar-refractivity contribution is 5.85. The first-order chi connectivity index (χ1) is 11.1. The minimum Gasteiger partial charge on any atom is -0.493 e. The highest BCUT2D eigenvalue weighted by Gasteiger charge is 2.13. The first kappa shape index (κ1) is 16.1. The van der Waals surface area contributed by atoms with Gasteiger partial charge in [-0.05, 0) is 19.1 Å². The third kappa shape index (κ3) is 3.49. The molecule has 0 saturated heterocycles. The summed E-state index contributed by atoms with van der Waals surface area (Å²) in [6.07, 6.45) is 1.53. The van der Waals surface area contributed by atoms with Gasteiger partial charge < -0.3 is 13.9 Å². The number of nitrogens with one attached hydrogen (secondary N) is 1. The van der Waals surface area contributed by atoms with Crippen LogP contribution in [-0.2, 0) is 0 Å². The average Bonchev–Trinajstić information content (AvgIpc) is 2.98. The van der Waals surface area contributed by atoms with Gasteiger partial charge >= 0.3 is 0 Å². The number of ether oxygens (including phenoxy) is 2. The predicted molar refractivity (Wildman–Crippen MR) is 86.7 cm³/mol. The Morgan fingerprint density at radius 3 is 2.83 bits per heavy atom. The number of nitrogens with zero attached hydrogens (tertiary/aromatic N) is 3. The predicted octanol–water partition coefficient (Wildman–Crippen LogP) is 3.04. The number of hydrogen-bond donors (Lipinski definition) is 1. The summed E-state index contributed by atoms with van der Waals surface area (Å²) in [6, 6.07) is 7.35. The normalized spacial score (nSPS) is 10.3. The van der Waals surface area contributed by atoms with Crippen LogP contribution in [0, 0.1) is 11.3 Å². The maximum Gasteiger partial charge on any atom is 0.252 e. The Hall–Kier alpha value is -3.27. The molecule has 0 aliphatic heterocycles. The van der Waals surface area contributed by atoms with Crippen LogP contribution in [0.2, 0.25) is 0 Å². The van der Waals surface area contributed by atoms with Crippen molar-refractivity contribution in [3.63, 3.8) is 0 Å². The highest BCUT2D eigenvalue weighted by atomic mass is 16.5. The molecule has 7 nitrogen and oxygen atoms in total. The van der Waals surface area contributed by atoms with E-state index in [4.69, 9.17) is 19.2 Å². The molecule has 0 aliphatic carbocycles. The zero-order valence-electron chi connectivity index (χ0n) is 13.1. The quantitative estimate of drug-likeness (QED) is 0.651. The second-order valence-electron chi connectivity index (χ2n) is 4.54. The molecule has 1 aromatic heterocycles. The lowest BCUT2D eigenvalue weighted by molar-refractivity contribution is 0.354. The summed E-state index contributed by atoms with van der Waals surface area (Å²) in [4.78, 5) is 4.01. The minimum absolute atomic E-state index is 0.109. The molecule has 1 N–H and O–H groups in total. The molecule has 0 atom stereocenters. The lowest BCUT2D eigenvalue weighted by Gasteiger charge is -2.09. The molecule has 0 unspecified atom stereocenters. The number of aromatic nitrogens is 1. The van der Waals surface area contributed by atoms with Gasteiger partial charge in [0.2, 0.25) is 11.6 Å². The molecule has 2 aromatic rings. The van der Waals surface area contributed by atoms with Gasteiger partial charge in [0.15, 0.2) is 11.5 Å². The van der Waals surface area contributed by atoms with Gasteiger partial charge in [-0.25, -0.2) is 5.43 Å². The Morgan fingerprint density at radius 2 is 2.22 bits per heavy atom. The first-order valence-corrected chi connectivity index (χ1v) is 6.67. The molecule has 2 rings (SSSR count). The fourth-order valence-corrected chi connectivity index (χ4v) is 1.83. The van der Waals surface area contributed by atoms with Crippen LogP contribution >= 0.6 is 0 Å². The molecule has 0 spiro atoms. The number of anilines is 1. The Bertz CT molecular complexity index is 787. The van der Waals surface area contributed by atoms with Crippen molar-refractivity contribution in [3.8, 4) is 17.6 Å². The van der Waals surface area contributed by atoms with Crippen molar-refractivity contribution >= 4 is 17.7 Å². The molecule has 0 amide bonds. The van der Waals surface area contributed by atoms with Gasteiger partial charge in [-0.3, -0.25) is 0 Å². The molecule has 0 radical (unpaired) electrons. The minimum atomic E-state index is 0.109. The second kappa shape index (κ2) is 7.13. The van der Waals surface area contributed by atoms with Crippen LogP contribution in [0.1, 0.15) is 24.1 Å². The molecule has 23 heavy (non-hydrogen) atoms. The van der Waals surface area contributed by atoms with Crippen molar-refractivity contribution in [3.05, 3.63) is 41.9 Å². The largest absolute Gasteiger partial charge is 0.493 e. The first-order valence-electron chi connectivity index (χ1n) is 6.67. The molecule has 1 heterocycles. The molecule has 0 fully saturated rings. The Kier molecular flexibility index (Phi) is 5.00. The Morgan fingerprint density at radius 1 is 1.43 bits per heavy atom. The fraction of sp³-hybridized carbons (Fsp3) is 0.188. The van der Waals surface area contributed by atoms with Gasteiger partial charge in [0.05, 0.1) is 20.4 Å². The molecule has 0 bridgehead atoms. The third-order valence-corrected chi connectivity index (χ3v) is 2.90. The van der Waals surface area contributed by atoms with Crippen molar-refractivity contribution in [2.45, 2.75) is 6.92 Å². The summed E-state index contributed by atoms with van der Waals surface area (Å²) < 4.78 is 15.9. The summed E-state index contributed by atoms with van der Waals surface area (Å²) in [6.45, 7) is 5.46. The standard InChI is InChI=1S/C16H16N4O3/c1-10(2)15-19-12(8-17)16(23-15)20-18-9-11-6-5-7-13(21-3)14(11)22-4/h5-7,9,20H,1H2,2-4H3. The SMILES string of the molecule is C=C(C)c1nc(C#N)c(NN=Cc2cccc(OC)c2OC)o1. The molecular formula is C16H16N4O3. The van der Waals surface area contributed by atoms with Gasteiger partial charge in [0.25, 0.3) is 5.88 Å². The summed E-state index contributed by atoms with van der Waals surface area (Å²) in [5, 5.41) is 13.1. The number of oxazole rings is 1. The van der Waals surface area contributed by atoms with Crippen molar-refractivity contribution in [2.24, 2.45) is 5.10 Å². The van der Waals surface area contributed by atoms with Crippen molar-refractivity contribution < 1.29 is 13.9 Å². The van der Waals surface area contributed by atoms with Crippen molar-refractivity contribution in [1.29, 1.82) is 5.26 Å². The van der Waals surface area contributed by atoms with Crippen LogP contribution in [-0.4, -0.2) is 25.4 Å². The van der Waals surface area contributed by atoms with Gasteiger partial charge in [-0.2, -0.15) is 15.3 Å². The van der Waals surface area contributed by atoms with Crippen molar-refractivity contribution in [1.82, 2.24) is 4.98 Å². The molecule has 118 valence electrons. The highest BCUT2D eigenvalue weighted by Crippen LogP contribution is 2.29. The number of rotatable bonds is 6. The fourth-order valence-electron chi connectivity index (χ4n) is 1.83. The number of methoxy groups -OCH3 is 2. The van der Waals surface area contributed by atoms with Crippen LogP contribution in [0.5, 0.6) is 11.5 Å². The van der Waals surface area contributed by atoms with E-state index in [2.05, 4.69) is 22.1 Å². The molecule has 0 aliphatic rings. The van der Waals surface area contributed by atoms with Crippen LogP contribution in [0.25, 0.3) is 5.57 Å². The van der Waals surface area contributed by atoms with E-state index in [1.165, 1.54) is 6.21 Å². The number of hydrogen-bond acceptors (Lipinski definition) is 7. The number of para-hydroxylation sites is 1. The summed E-state index contributed by atoms with van der Waals surface area (Å²) in [5.41, 5.74) is 4.09. The van der Waals surface area contributed by atoms with E-state index in [0.29, 0.717) is 28.5 Å². The maximum absolute atomic E-state index is 9.05. The van der Waals surface area contributed by atoms with E-state index in [1.54, 1.807) is 27.2 Å². The van der Waals surface area contributed by atoms with E-state index in [9.17, 15) is 0 Å². The summed E-state index contributed by atoms with van der Waals surface area (Å²) in [7, 11) is 3.11. The van der Waals surface area contributed by atoms with Crippen molar-refractivity contribution in [2.75, 3.05) is 19.6 Å². The number of allylic oxidation sites excluding steroid dienone is 1. The Labute approximate surface area is 133 Å². The average molecular weight is 312 g/mol. The van der Waals surface area contributed by atoms with Gasteiger partial charge in [0, 0.05) is 11.1 Å². The monoisotopic (exact) mass is 312 g/mol. The van der Waals surface area contributed by atoms with Crippen LogP contribution < -0.4 is 14.9 Å². The maximum atomic E-state index is 9.05. The van der Waals surface area contributed by atoms with E-state index < -0.39 is 0 Å². The van der Waals surface area contributed by atoms with E-state index >= 15 is 0 Å². The zero-order valence-corrected chi connectivity index (χ0v) is 13.1. The number of hydrazone groups is 1. The zero-order chi connectivity index (χ0) is 16.8. The Balaban J connectivity index is 2.23. The van der Waals surface area contributed by atoms with E-state index in [-0.39, 0.29) is 11.6 Å². The third-order valence-electron chi connectivity index (χ3n) is 2.90. The molecule has 0 saturated carbocycles. The van der Waals surface area contributed by atoms with Crippen LogP contribution in [0.3, 0.4) is 0 Å². The molecule has 1 aromatic carbocycles. The lowest BCUT2D eigenvalue weighted by atomic mass is 10.2. The molecule has 7 heteroatoms.